The number of rotatable bonds is 7. The molecule has 4 rings (SSSR count). The summed E-state index contributed by atoms with van der Waals surface area (Å²) >= 11 is 2.08. The Labute approximate surface area is 219 Å². The van der Waals surface area contributed by atoms with Crippen molar-refractivity contribution in [2.45, 2.75) is 6.61 Å². The molecule has 182 valence electrons. The number of methoxy groups -OCH3 is 1. The van der Waals surface area contributed by atoms with Crippen LogP contribution < -0.4 is 19.7 Å². The molecule has 1 heterocycles. The average Bonchev–Trinajstić information content (AvgIpc) is 2.86. The van der Waals surface area contributed by atoms with Crippen molar-refractivity contribution in [1.82, 2.24) is 5.32 Å². The summed E-state index contributed by atoms with van der Waals surface area (Å²) in [7, 11) is 1.50. The second-order valence-corrected chi connectivity index (χ2v) is 8.80. The number of urea groups is 1. The zero-order valence-electron chi connectivity index (χ0n) is 18.9. The van der Waals surface area contributed by atoms with E-state index >= 15 is 0 Å². The second-order valence-electron chi connectivity index (χ2n) is 7.64. The lowest BCUT2D eigenvalue weighted by atomic mass is 10.1. The first kappa shape index (κ1) is 24.9. The zero-order chi connectivity index (χ0) is 25.8. The van der Waals surface area contributed by atoms with Gasteiger partial charge in [-0.3, -0.25) is 14.9 Å². The Balaban J connectivity index is 1.52. The van der Waals surface area contributed by atoms with E-state index in [1.165, 1.54) is 25.3 Å². The Morgan fingerprint density at radius 3 is 2.33 bits per heavy atom. The largest absolute Gasteiger partial charge is 0.497 e. The van der Waals surface area contributed by atoms with Gasteiger partial charge in [0.25, 0.3) is 11.8 Å². The first-order valence-electron chi connectivity index (χ1n) is 10.6. The first-order valence-corrected chi connectivity index (χ1v) is 11.6. The topological polar surface area (TPSA) is 122 Å². The molecule has 2 N–H and O–H groups in total. The lowest BCUT2D eigenvalue weighted by molar-refractivity contribution is -0.122. The van der Waals surface area contributed by atoms with Crippen LogP contribution in [0.2, 0.25) is 0 Å². The van der Waals surface area contributed by atoms with Crippen LogP contribution >= 0.6 is 22.6 Å². The number of carboxylic acids is 1. The Hall–Kier alpha value is -4.19. The number of ether oxygens (including phenoxy) is 2. The summed E-state index contributed by atoms with van der Waals surface area (Å²) < 4.78 is 11.7. The molecular weight excluding hydrogens is 579 g/mol. The number of amides is 4. The zero-order valence-corrected chi connectivity index (χ0v) is 21.0. The van der Waals surface area contributed by atoms with Crippen molar-refractivity contribution < 1.29 is 33.8 Å². The Morgan fingerprint density at radius 1 is 1.03 bits per heavy atom. The third-order valence-electron chi connectivity index (χ3n) is 5.29. The summed E-state index contributed by atoms with van der Waals surface area (Å²) in [6.07, 6.45) is 1.41. The number of barbiturate groups is 1. The van der Waals surface area contributed by atoms with E-state index in [0.29, 0.717) is 22.7 Å². The standard InChI is InChI=1S/C26H19IN2O7/c1-35-19-9-7-18(8-10-19)29-24(31)20(23(30)28-26(29)34)12-16-4-11-22(21(27)13-16)36-14-15-2-5-17(6-3-15)25(32)33/h2-13H,14H2,1H3,(H,32,33)(H,28,30,34)/b20-12+. The minimum absolute atomic E-state index is 0.187. The van der Waals surface area contributed by atoms with Gasteiger partial charge in [-0.2, -0.15) is 0 Å². The molecule has 3 aromatic carbocycles. The number of nitrogens with zero attached hydrogens (tertiary/aromatic N) is 1. The molecule has 0 unspecified atom stereocenters. The van der Waals surface area contributed by atoms with Gasteiger partial charge in [0.2, 0.25) is 0 Å². The summed E-state index contributed by atoms with van der Waals surface area (Å²) in [4.78, 5) is 49.8. The van der Waals surface area contributed by atoms with Gasteiger partial charge in [0.1, 0.15) is 23.7 Å². The van der Waals surface area contributed by atoms with Crippen LogP contribution in [0.15, 0.2) is 72.3 Å². The van der Waals surface area contributed by atoms with Crippen molar-refractivity contribution >= 4 is 58.2 Å². The van der Waals surface area contributed by atoms with Gasteiger partial charge in [0, 0.05) is 0 Å². The molecule has 0 saturated carbocycles. The lowest BCUT2D eigenvalue weighted by Crippen LogP contribution is -2.54. The summed E-state index contributed by atoms with van der Waals surface area (Å²) in [6, 6.07) is 17.0. The molecule has 0 atom stereocenters. The van der Waals surface area contributed by atoms with Gasteiger partial charge < -0.3 is 14.6 Å². The van der Waals surface area contributed by atoms with Crippen molar-refractivity contribution in [2.24, 2.45) is 0 Å². The first-order chi connectivity index (χ1) is 17.3. The van der Waals surface area contributed by atoms with E-state index in [2.05, 4.69) is 27.9 Å². The predicted molar refractivity (Wildman–Crippen MR) is 139 cm³/mol. The van der Waals surface area contributed by atoms with Crippen molar-refractivity contribution in [3.05, 3.63) is 92.6 Å². The van der Waals surface area contributed by atoms with E-state index < -0.39 is 23.8 Å². The van der Waals surface area contributed by atoms with E-state index in [0.717, 1.165) is 14.0 Å². The van der Waals surface area contributed by atoms with E-state index in [-0.39, 0.29) is 17.7 Å². The molecule has 10 heteroatoms. The number of carboxylic acid groups (broad SMARTS) is 1. The van der Waals surface area contributed by atoms with Crippen molar-refractivity contribution in [3.8, 4) is 11.5 Å². The van der Waals surface area contributed by atoms with E-state index in [1.807, 2.05) is 0 Å². The number of carbonyl (C=O) groups is 4. The summed E-state index contributed by atoms with van der Waals surface area (Å²) in [6.45, 7) is 0.232. The molecule has 0 radical (unpaired) electrons. The van der Waals surface area contributed by atoms with Crippen LogP contribution in [0.25, 0.3) is 6.08 Å². The van der Waals surface area contributed by atoms with Crippen molar-refractivity contribution in [1.29, 1.82) is 0 Å². The number of imide groups is 2. The van der Waals surface area contributed by atoms with Gasteiger partial charge in [-0.25, -0.2) is 14.5 Å². The van der Waals surface area contributed by atoms with Crippen LogP contribution in [0.5, 0.6) is 11.5 Å². The average molecular weight is 598 g/mol. The molecule has 0 bridgehead atoms. The number of nitrogens with one attached hydrogen (secondary N) is 1. The molecular formula is C26H19IN2O7. The number of benzene rings is 3. The molecule has 3 aromatic rings. The van der Waals surface area contributed by atoms with Crippen LogP contribution in [0.1, 0.15) is 21.5 Å². The minimum atomic E-state index is -0.997. The predicted octanol–water partition coefficient (Wildman–Crippen LogP) is 4.24. The minimum Gasteiger partial charge on any atom is -0.497 e. The highest BCUT2D eigenvalue weighted by Gasteiger charge is 2.36. The number of anilines is 1. The maximum Gasteiger partial charge on any atom is 0.335 e. The molecule has 1 fully saturated rings. The number of hydrogen-bond acceptors (Lipinski definition) is 6. The fraction of sp³-hybridized carbons (Fsp3) is 0.0769. The molecule has 36 heavy (non-hydrogen) atoms. The Kier molecular flexibility index (Phi) is 7.34. The third-order valence-corrected chi connectivity index (χ3v) is 6.14. The van der Waals surface area contributed by atoms with Gasteiger partial charge >= 0.3 is 12.0 Å². The molecule has 9 nitrogen and oxygen atoms in total. The van der Waals surface area contributed by atoms with Crippen LogP contribution in [-0.4, -0.2) is 36.0 Å². The van der Waals surface area contributed by atoms with Crippen molar-refractivity contribution in [3.63, 3.8) is 0 Å². The summed E-state index contributed by atoms with van der Waals surface area (Å²) in [5, 5.41) is 11.2. The Morgan fingerprint density at radius 2 is 1.72 bits per heavy atom. The molecule has 4 amide bonds. The van der Waals surface area contributed by atoms with E-state index in [1.54, 1.807) is 54.6 Å². The summed E-state index contributed by atoms with van der Waals surface area (Å²) in [5.74, 6) is -1.38. The quantitative estimate of drug-likeness (QED) is 0.237. The van der Waals surface area contributed by atoms with Crippen LogP contribution in [-0.2, 0) is 16.2 Å². The number of aromatic carboxylic acids is 1. The maximum atomic E-state index is 13.1. The number of carbonyl (C=O) groups excluding carboxylic acids is 3. The third kappa shape index (κ3) is 5.38. The molecule has 1 saturated heterocycles. The molecule has 0 aromatic heterocycles. The van der Waals surface area contributed by atoms with Gasteiger partial charge in [-0.05, 0) is 88.3 Å². The monoisotopic (exact) mass is 598 g/mol. The van der Waals surface area contributed by atoms with Gasteiger partial charge in [0.05, 0.1) is 21.9 Å². The van der Waals surface area contributed by atoms with Crippen molar-refractivity contribution in [2.75, 3.05) is 12.0 Å². The normalized spacial score (nSPS) is 14.6. The molecule has 0 spiro atoms. The summed E-state index contributed by atoms with van der Waals surface area (Å²) in [5.41, 5.74) is 1.67. The smallest absolute Gasteiger partial charge is 0.335 e. The number of hydrogen-bond donors (Lipinski definition) is 2. The fourth-order valence-corrected chi connectivity index (χ4v) is 4.11. The van der Waals surface area contributed by atoms with Gasteiger partial charge in [0.15, 0.2) is 0 Å². The van der Waals surface area contributed by atoms with Crippen LogP contribution in [0, 0.1) is 3.57 Å². The highest BCUT2D eigenvalue weighted by molar-refractivity contribution is 14.1. The maximum absolute atomic E-state index is 13.1. The SMILES string of the molecule is COc1ccc(N2C(=O)NC(=O)/C(=C\c3ccc(OCc4ccc(C(=O)O)cc4)c(I)c3)C2=O)cc1. The van der Waals surface area contributed by atoms with Gasteiger partial charge in [-0.15, -0.1) is 0 Å². The van der Waals surface area contributed by atoms with Crippen LogP contribution in [0.4, 0.5) is 10.5 Å². The molecule has 0 aliphatic carbocycles. The Bertz CT molecular complexity index is 1380. The highest BCUT2D eigenvalue weighted by Crippen LogP contribution is 2.27. The number of halogens is 1. The van der Waals surface area contributed by atoms with Crippen LogP contribution in [0.3, 0.4) is 0 Å². The molecule has 1 aliphatic heterocycles. The molecule has 1 aliphatic rings. The van der Waals surface area contributed by atoms with E-state index in [9.17, 15) is 19.2 Å². The fourth-order valence-electron chi connectivity index (χ4n) is 3.42. The highest BCUT2D eigenvalue weighted by atomic mass is 127. The lowest BCUT2D eigenvalue weighted by Gasteiger charge is -2.26. The van der Waals surface area contributed by atoms with Gasteiger partial charge in [-0.1, -0.05) is 18.2 Å². The second kappa shape index (κ2) is 10.6. The van der Waals surface area contributed by atoms with E-state index in [4.69, 9.17) is 14.6 Å².